The van der Waals surface area contributed by atoms with E-state index in [2.05, 4.69) is 32.3 Å². The topological polar surface area (TPSA) is 47.9 Å². The molecular formula is C4H3N3O. The highest BCUT2D eigenvalue weighted by Crippen LogP contribution is 1.89. The molecule has 0 spiro atoms. The van der Waals surface area contributed by atoms with Gasteiger partial charge in [0, 0.05) is 0 Å². The number of nitrogens with zero attached hydrogens (tertiary/aromatic N) is 3. The Morgan fingerprint density at radius 3 is 2.38 bits per heavy atom. The van der Waals surface area contributed by atoms with Gasteiger partial charge in [-0.05, 0) is 0 Å². The minimum absolute atomic E-state index is 0.236. The molecule has 0 fully saturated rings. The standard InChI is InChI=1S/C4H3N3O/c1-8-4-6-2-5-3-7-4/h1H3. The summed E-state index contributed by atoms with van der Waals surface area (Å²) in [5.74, 6) is 0. The predicted octanol–water partition coefficient (Wildman–Crippen LogP) is -0.519. The van der Waals surface area contributed by atoms with Crippen LogP contribution in [-0.2, 0) is 0 Å². The molecule has 4 nitrogen and oxygen atoms in total. The van der Waals surface area contributed by atoms with Crippen LogP contribution in [0.5, 0.6) is 6.01 Å². The number of methoxy groups -OCH3 is 1. The van der Waals surface area contributed by atoms with Crippen molar-refractivity contribution in [1.82, 2.24) is 15.0 Å². The monoisotopic (exact) mass is 109 g/mol. The predicted molar refractivity (Wildman–Crippen MR) is 24.1 cm³/mol. The van der Waals surface area contributed by atoms with E-state index in [9.17, 15) is 0 Å². The Labute approximate surface area is 46.6 Å². The molecule has 0 amide bonds. The molecule has 1 aromatic rings. The lowest BCUT2D eigenvalue weighted by Crippen LogP contribution is -1.90. The van der Waals surface area contributed by atoms with Gasteiger partial charge in [0.05, 0.1) is 7.11 Å². The Morgan fingerprint density at radius 1 is 1.38 bits per heavy atom. The van der Waals surface area contributed by atoms with E-state index in [0.717, 1.165) is 0 Å². The van der Waals surface area contributed by atoms with Crippen molar-refractivity contribution in [2.75, 3.05) is 7.11 Å². The van der Waals surface area contributed by atoms with Gasteiger partial charge >= 0.3 is 6.01 Å². The van der Waals surface area contributed by atoms with E-state index >= 15 is 0 Å². The summed E-state index contributed by atoms with van der Waals surface area (Å²) < 4.78 is 4.59. The first-order valence-corrected chi connectivity index (χ1v) is 1.95. The lowest BCUT2D eigenvalue weighted by atomic mass is 11.0. The molecule has 0 aromatic carbocycles. The van der Waals surface area contributed by atoms with Crippen LogP contribution in [0.15, 0.2) is 0 Å². The summed E-state index contributed by atoms with van der Waals surface area (Å²) in [7, 11) is 1.47. The maximum absolute atomic E-state index is 4.59. The van der Waals surface area contributed by atoms with E-state index in [1.165, 1.54) is 7.11 Å². The summed E-state index contributed by atoms with van der Waals surface area (Å²) in [4.78, 5) is 10.3. The molecule has 8 heavy (non-hydrogen) atoms. The van der Waals surface area contributed by atoms with E-state index in [4.69, 9.17) is 0 Å². The summed E-state index contributed by atoms with van der Waals surface area (Å²) in [5.41, 5.74) is 0. The number of hydrogen-bond acceptors (Lipinski definition) is 4. The van der Waals surface area contributed by atoms with Crippen molar-refractivity contribution < 1.29 is 4.74 Å². The van der Waals surface area contributed by atoms with E-state index in [1.807, 2.05) is 0 Å². The Hall–Kier alpha value is -1.19. The van der Waals surface area contributed by atoms with Crippen molar-refractivity contribution >= 4 is 0 Å². The number of rotatable bonds is 1. The van der Waals surface area contributed by atoms with Crippen molar-refractivity contribution in [1.29, 1.82) is 0 Å². The lowest BCUT2D eigenvalue weighted by Gasteiger charge is -1.89. The van der Waals surface area contributed by atoms with Gasteiger partial charge in [0.15, 0.2) is 0 Å². The molecular weight excluding hydrogens is 106 g/mol. The average Bonchev–Trinajstić information content (AvgIpc) is 1.90. The second-order valence-electron chi connectivity index (χ2n) is 1.02. The number of hydrogen-bond donors (Lipinski definition) is 0. The molecule has 1 rings (SSSR count). The SMILES string of the molecule is COc1n[c]n[c]n1. The third-order valence-electron chi connectivity index (χ3n) is 0.574. The van der Waals surface area contributed by atoms with Crippen molar-refractivity contribution in [3.8, 4) is 6.01 Å². The largest absolute Gasteiger partial charge is 0.467 e. The Bertz CT molecular complexity index is 153. The second kappa shape index (κ2) is 2.20. The Balaban J connectivity index is 2.83. The fourth-order valence-corrected chi connectivity index (χ4v) is 0.274. The molecule has 0 aliphatic carbocycles. The quantitative estimate of drug-likeness (QED) is 0.487. The molecule has 1 heterocycles. The van der Waals surface area contributed by atoms with Gasteiger partial charge in [-0.15, -0.1) is 0 Å². The minimum atomic E-state index is 0.236. The van der Waals surface area contributed by atoms with Gasteiger partial charge in [-0.25, -0.2) is 4.98 Å². The van der Waals surface area contributed by atoms with Crippen LogP contribution in [0.1, 0.15) is 0 Å². The summed E-state index contributed by atoms with van der Waals surface area (Å²) >= 11 is 0. The van der Waals surface area contributed by atoms with Gasteiger partial charge in [0.25, 0.3) is 0 Å². The normalized spacial score (nSPS) is 8.62. The van der Waals surface area contributed by atoms with Crippen LogP contribution in [0.4, 0.5) is 0 Å². The third-order valence-corrected chi connectivity index (χ3v) is 0.574. The van der Waals surface area contributed by atoms with Crippen LogP contribution >= 0.6 is 0 Å². The van der Waals surface area contributed by atoms with Gasteiger partial charge in [-0.2, -0.15) is 9.97 Å². The molecule has 0 aliphatic rings. The molecule has 0 unspecified atom stereocenters. The second-order valence-corrected chi connectivity index (χ2v) is 1.02. The van der Waals surface area contributed by atoms with Crippen LogP contribution in [0, 0.1) is 12.7 Å². The van der Waals surface area contributed by atoms with Crippen molar-refractivity contribution in [3.05, 3.63) is 12.7 Å². The third kappa shape index (κ3) is 0.900. The van der Waals surface area contributed by atoms with Crippen LogP contribution < -0.4 is 4.74 Å². The molecule has 4 heteroatoms. The Morgan fingerprint density at radius 2 is 2.00 bits per heavy atom. The van der Waals surface area contributed by atoms with Crippen molar-refractivity contribution in [3.63, 3.8) is 0 Å². The first-order valence-electron chi connectivity index (χ1n) is 1.95. The molecule has 0 aliphatic heterocycles. The maximum atomic E-state index is 4.59. The van der Waals surface area contributed by atoms with Crippen LogP contribution in [0.3, 0.4) is 0 Å². The highest BCUT2D eigenvalue weighted by Gasteiger charge is 1.86. The molecule has 0 N–H and O–H groups in total. The number of aromatic nitrogens is 3. The van der Waals surface area contributed by atoms with Gasteiger partial charge < -0.3 is 4.74 Å². The van der Waals surface area contributed by atoms with Crippen LogP contribution in [-0.4, -0.2) is 22.1 Å². The smallest absolute Gasteiger partial charge is 0.320 e. The molecule has 40 valence electrons. The molecule has 0 atom stereocenters. The average molecular weight is 109 g/mol. The fraction of sp³-hybridized carbons (Fsp3) is 0.250. The fourth-order valence-electron chi connectivity index (χ4n) is 0.274. The zero-order valence-corrected chi connectivity index (χ0v) is 4.25. The molecule has 1 aromatic heterocycles. The van der Waals surface area contributed by atoms with Gasteiger partial charge in [-0.1, -0.05) is 0 Å². The van der Waals surface area contributed by atoms with E-state index in [1.54, 1.807) is 0 Å². The van der Waals surface area contributed by atoms with Crippen LogP contribution in [0.25, 0.3) is 0 Å². The summed E-state index contributed by atoms with van der Waals surface area (Å²) in [6, 6.07) is 0.236. The highest BCUT2D eigenvalue weighted by molar-refractivity contribution is 4.83. The molecule has 0 bridgehead atoms. The maximum Gasteiger partial charge on any atom is 0.320 e. The first kappa shape index (κ1) is 4.96. The van der Waals surface area contributed by atoms with Gasteiger partial charge in [0.1, 0.15) is 0 Å². The minimum Gasteiger partial charge on any atom is -0.467 e. The van der Waals surface area contributed by atoms with Gasteiger partial charge in [0.2, 0.25) is 12.7 Å². The van der Waals surface area contributed by atoms with E-state index in [-0.39, 0.29) is 6.01 Å². The highest BCUT2D eigenvalue weighted by atomic mass is 16.5. The lowest BCUT2D eigenvalue weighted by molar-refractivity contribution is 0.377. The zero-order chi connectivity index (χ0) is 5.82. The van der Waals surface area contributed by atoms with Gasteiger partial charge in [-0.3, -0.25) is 0 Å². The van der Waals surface area contributed by atoms with E-state index in [0.29, 0.717) is 0 Å². The number of ether oxygens (including phenoxy) is 1. The summed E-state index contributed by atoms with van der Waals surface area (Å²) in [6.45, 7) is 0. The first-order chi connectivity index (χ1) is 3.93. The summed E-state index contributed by atoms with van der Waals surface area (Å²) in [6.07, 6.45) is 4.54. The summed E-state index contributed by atoms with van der Waals surface area (Å²) in [5, 5.41) is 0. The van der Waals surface area contributed by atoms with Crippen molar-refractivity contribution in [2.45, 2.75) is 0 Å². The zero-order valence-electron chi connectivity index (χ0n) is 4.25. The van der Waals surface area contributed by atoms with E-state index < -0.39 is 0 Å². The molecule has 0 saturated heterocycles. The van der Waals surface area contributed by atoms with Crippen molar-refractivity contribution in [2.24, 2.45) is 0 Å². The molecule has 2 radical (unpaired) electrons. The molecule has 0 saturated carbocycles. The Kier molecular flexibility index (Phi) is 1.37. The van der Waals surface area contributed by atoms with Crippen LogP contribution in [0.2, 0.25) is 0 Å².